The maximum absolute atomic E-state index is 4.54. The summed E-state index contributed by atoms with van der Waals surface area (Å²) in [6.45, 7) is 6.88. The molecule has 3 aromatic rings. The molecule has 0 saturated carbocycles. The molecule has 1 saturated heterocycles. The third-order valence-corrected chi connectivity index (χ3v) is 5.88. The Balaban J connectivity index is 1.16. The van der Waals surface area contributed by atoms with Gasteiger partial charge in [0.2, 0.25) is 0 Å². The minimum atomic E-state index is 0.538. The Labute approximate surface area is 165 Å². The predicted molar refractivity (Wildman–Crippen MR) is 107 cm³/mol. The summed E-state index contributed by atoms with van der Waals surface area (Å²) in [5, 5.41) is 16.8. The topological polar surface area (TPSA) is 63.8 Å². The molecule has 0 bridgehead atoms. The highest BCUT2D eigenvalue weighted by molar-refractivity contribution is 5.15. The van der Waals surface area contributed by atoms with Crippen LogP contribution in [0.15, 0.2) is 42.7 Å². The summed E-state index contributed by atoms with van der Waals surface area (Å²) >= 11 is 0. The van der Waals surface area contributed by atoms with Gasteiger partial charge in [-0.25, -0.2) is 0 Å². The van der Waals surface area contributed by atoms with Gasteiger partial charge in [-0.2, -0.15) is 5.10 Å². The molecule has 4 heterocycles. The van der Waals surface area contributed by atoms with Crippen molar-refractivity contribution >= 4 is 0 Å². The van der Waals surface area contributed by atoms with E-state index >= 15 is 0 Å². The molecular formula is C21H27N7. The van der Waals surface area contributed by atoms with Crippen molar-refractivity contribution < 1.29 is 0 Å². The molecule has 0 radical (unpaired) electrons. The second kappa shape index (κ2) is 7.85. The van der Waals surface area contributed by atoms with Crippen molar-refractivity contribution in [2.45, 2.75) is 44.9 Å². The average molecular weight is 377 g/mol. The molecule has 146 valence electrons. The zero-order valence-electron chi connectivity index (χ0n) is 16.2. The minimum absolute atomic E-state index is 0.538. The van der Waals surface area contributed by atoms with E-state index in [1.165, 1.54) is 17.0 Å². The first-order valence-corrected chi connectivity index (χ1v) is 10.3. The van der Waals surface area contributed by atoms with Crippen LogP contribution in [0.1, 0.15) is 41.5 Å². The van der Waals surface area contributed by atoms with E-state index in [4.69, 9.17) is 0 Å². The fourth-order valence-corrected chi connectivity index (χ4v) is 4.37. The summed E-state index contributed by atoms with van der Waals surface area (Å²) in [6.07, 6.45) is 6.51. The van der Waals surface area contributed by atoms with Gasteiger partial charge in [0.1, 0.15) is 11.6 Å². The molecule has 7 heteroatoms. The Kier molecular flexibility index (Phi) is 4.93. The second-order valence-electron chi connectivity index (χ2n) is 7.89. The second-order valence-corrected chi connectivity index (χ2v) is 7.89. The number of likely N-dealkylation sites (tertiary alicyclic amines) is 1. The average Bonchev–Trinajstić information content (AvgIpc) is 3.36. The number of nitrogens with zero attached hydrogens (tertiary/aromatic N) is 6. The lowest BCUT2D eigenvalue weighted by Crippen LogP contribution is -2.34. The standard InChI is InChI=1S/C21H27N7/c1-2-4-17(5-3-1)15-27-16-18(12-23-27)14-26-9-6-19(7-10-26)21-25-24-20-13-22-8-11-28(20)21/h1-5,12,16,19,22H,6-11,13-15H2. The Morgan fingerprint density at radius 1 is 0.964 bits per heavy atom. The van der Waals surface area contributed by atoms with E-state index in [1.54, 1.807) is 0 Å². The van der Waals surface area contributed by atoms with Gasteiger partial charge < -0.3 is 9.88 Å². The van der Waals surface area contributed by atoms with Gasteiger partial charge in [-0.1, -0.05) is 30.3 Å². The molecular weight excluding hydrogens is 350 g/mol. The molecule has 7 nitrogen and oxygen atoms in total. The maximum Gasteiger partial charge on any atom is 0.147 e. The molecule has 2 aliphatic rings. The molecule has 1 fully saturated rings. The summed E-state index contributed by atoms with van der Waals surface area (Å²) in [7, 11) is 0. The van der Waals surface area contributed by atoms with Gasteiger partial charge in [0.25, 0.3) is 0 Å². The van der Waals surface area contributed by atoms with Crippen LogP contribution in [0.4, 0.5) is 0 Å². The van der Waals surface area contributed by atoms with Crippen molar-refractivity contribution in [3.63, 3.8) is 0 Å². The van der Waals surface area contributed by atoms with Crippen LogP contribution in [0, 0.1) is 0 Å². The zero-order chi connectivity index (χ0) is 18.8. The van der Waals surface area contributed by atoms with E-state index in [0.29, 0.717) is 5.92 Å². The van der Waals surface area contributed by atoms with Crippen molar-refractivity contribution in [3.8, 4) is 0 Å². The summed E-state index contributed by atoms with van der Waals surface area (Å²) in [5.41, 5.74) is 2.57. The largest absolute Gasteiger partial charge is 0.312 e. The molecule has 0 atom stereocenters. The summed E-state index contributed by atoms with van der Waals surface area (Å²) < 4.78 is 4.37. The Morgan fingerprint density at radius 2 is 1.82 bits per heavy atom. The maximum atomic E-state index is 4.54. The van der Waals surface area contributed by atoms with Gasteiger partial charge in [0.15, 0.2) is 0 Å². The molecule has 1 N–H and O–H groups in total. The quantitative estimate of drug-likeness (QED) is 0.737. The highest BCUT2D eigenvalue weighted by Crippen LogP contribution is 2.28. The lowest BCUT2D eigenvalue weighted by Gasteiger charge is -2.31. The molecule has 28 heavy (non-hydrogen) atoms. The third kappa shape index (κ3) is 3.72. The number of rotatable bonds is 5. The SMILES string of the molecule is c1ccc(Cn2cc(CN3CCC(c4nnc5n4CCNC5)CC3)cn2)cc1. The Hall–Kier alpha value is -2.51. The molecule has 2 aliphatic heterocycles. The number of hydrogen-bond acceptors (Lipinski definition) is 5. The Bertz CT molecular complexity index is 906. The van der Waals surface area contributed by atoms with Crippen molar-refractivity contribution in [2.24, 2.45) is 0 Å². The van der Waals surface area contributed by atoms with Crippen LogP contribution in [-0.4, -0.2) is 49.1 Å². The van der Waals surface area contributed by atoms with Crippen LogP contribution in [0.5, 0.6) is 0 Å². The molecule has 0 amide bonds. The number of piperidine rings is 1. The van der Waals surface area contributed by atoms with Crippen LogP contribution in [0.3, 0.4) is 0 Å². The molecule has 2 aromatic heterocycles. The smallest absolute Gasteiger partial charge is 0.147 e. The van der Waals surface area contributed by atoms with Crippen molar-refractivity contribution in [2.75, 3.05) is 19.6 Å². The third-order valence-electron chi connectivity index (χ3n) is 5.88. The first kappa shape index (κ1) is 17.6. The molecule has 0 unspecified atom stereocenters. The molecule has 0 aliphatic carbocycles. The lowest BCUT2D eigenvalue weighted by atomic mass is 9.95. The van der Waals surface area contributed by atoms with Gasteiger partial charge in [0.05, 0.1) is 19.3 Å². The highest BCUT2D eigenvalue weighted by atomic mass is 15.3. The van der Waals surface area contributed by atoms with E-state index < -0.39 is 0 Å². The van der Waals surface area contributed by atoms with E-state index in [0.717, 1.165) is 64.5 Å². The Morgan fingerprint density at radius 3 is 2.68 bits per heavy atom. The first-order chi connectivity index (χ1) is 13.8. The number of nitrogens with one attached hydrogen (secondary N) is 1. The fourth-order valence-electron chi connectivity index (χ4n) is 4.37. The number of benzene rings is 1. The van der Waals surface area contributed by atoms with Crippen LogP contribution in [0.2, 0.25) is 0 Å². The van der Waals surface area contributed by atoms with E-state index in [1.807, 2.05) is 16.9 Å². The first-order valence-electron chi connectivity index (χ1n) is 10.3. The van der Waals surface area contributed by atoms with Crippen LogP contribution >= 0.6 is 0 Å². The van der Waals surface area contributed by atoms with Gasteiger partial charge in [-0.3, -0.25) is 9.58 Å². The summed E-state index contributed by atoms with van der Waals surface area (Å²) in [5.74, 6) is 2.83. The van der Waals surface area contributed by atoms with E-state index in [2.05, 4.69) is 60.5 Å². The number of hydrogen-bond donors (Lipinski definition) is 1. The highest BCUT2D eigenvalue weighted by Gasteiger charge is 2.27. The van der Waals surface area contributed by atoms with Crippen molar-refractivity contribution in [1.82, 2.24) is 34.8 Å². The van der Waals surface area contributed by atoms with Crippen molar-refractivity contribution in [3.05, 3.63) is 65.5 Å². The summed E-state index contributed by atoms with van der Waals surface area (Å²) in [6, 6.07) is 10.5. The predicted octanol–water partition coefficient (Wildman–Crippen LogP) is 2.01. The van der Waals surface area contributed by atoms with E-state index in [9.17, 15) is 0 Å². The molecule has 5 rings (SSSR count). The monoisotopic (exact) mass is 377 g/mol. The van der Waals surface area contributed by atoms with Crippen LogP contribution < -0.4 is 5.32 Å². The molecule has 0 spiro atoms. The van der Waals surface area contributed by atoms with Gasteiger partial charge in [0, 0.05) is 37.3 Å². The summed E-state index contributed by atoms with van der Waals surface area (Å²) in [4.78, 5) is 2.54. The fraction of sp³-hybridized carbons (Fsp3) is 0.476. The van der Waals surface area contributed by atoms with Gasteiger partial charge in [-0.15, -0.1) is 10.2 Å². The number of aromatic nitrogens is 5. The number of fused-ring (bicyclic) bond motifs is 1. The van der Waals surface area contributed by atoms with Crippen molar-refractivity contribution in [1.29, 1.82) is 0 Å². The van der Waals surface area contributed by atoms with Crippen LogP contribution in [0.25, 0.3) is 0 Å². The lowest BCUT2D eigenvalue weighted by molar-refractivity contribution is 0.199. The van der Waals surface area contributed by atoms with Crippen LogP contribution in [-0.2, 0) is 26.2 Å². The van der Waals surface area contributed by atoms with E-state index in [-0.39, 0.29) is 0 Å². The molecule has 1 aromatic carbocycles. The zero-order valence-corrected chi connectivity index (χ0v) is 16.2. The van der Waals surface area contributed by atoms with Gasteiger partial charge >= 0.3 is 0 Å². The van der Waals surface area contributed by atoms with Gasteiger partial charge in [-0.05, 0) is 31.5 Å². The normalized spacial score (nSPS) is 18.3. The minimum Gasteiger partial charge on any atom is -0.312 e.